The van der Waals surface area contributed by atoms with Crippen molar-refractivity contribution in [1.82, 2.24) is 9.55 Å². The van der Waals surface area contributed by atoms with Crippen LogP contribution in [0.5, 0.6) is 0 Å². The summed E-state index contributed by atoms with van der Waals surface area (Å²) in [5.41, 5.74) is 5.38. The number of aromatic nitrogens is 2. The van der Waals surface area contributed by atoms with Gasteiger partial charge >= 0.3 is 0 Å². The number of hydrogen-bond acceptors (Lipinski definition) is 5. The number of benzene rings is 2. The van der Waals surface area contributed by atoms with Crippen molar-refractivity contribution in [2.24, 2.45) is 10.2 Å². The molecule has 2 heterocycles. The highest BCUT2D eigenvalue weighted by atomic mass is 79.9. The highest BCUT2D eigenvalue weighted by Gasteiger charge is 2.30. The molecular formula is C22H20BrN5OS2. The van der Waals surface area contributed by atoms with Gasteiger partial charge in [-0.25, -0.2) is 0 Å². The van der Waals surface area contributed by atoms with Crippen molar-refractivity contribution in [3.63, 3.8) is 0 Å². The molecule has 0 atom stereocenters. The number of rotatable bonds is 4. The summed E-state index contributed by atoms with van der Waals surface area (Å²) in [5.74, 6) is 0.325. The summed E-state index contributed by atoms with van der Waals surface area (Å²) in [5, 5.41) is 9.46. The number of nitrogens with zero attached hydrogens (tertiary/aromatic N) is 4. The van der Waals surface area contributed by atoms with Crippen LogP contribution in [0.15, 0.2) is 63.2 Å². The Kier molecular flexibility index (Phi) is 6.27. The number of nitrogens with one attached hydrogen (secondary N) is 1. The lowest BCUT2D eigenvalue weighted by Crippen LogP contribution is -2.29. The van der Waals surface area contributed by atoms with Crippen LogP contribution in [0, 0.1) is 18.6 Å². The summed E-state index contributed by atoms with van der Waals surface area (Å²) in [6.45, 7) is 5.90. The molecule has 6 nitrogen and oxygen atoms in total. The number of halogens is 1. The van der Waals surface area contributed by atoms with E-state index in [0.29, 0.717) is 21.4 Å². The van der Waals surface area contributed by atoms with E-state index < -0.39 is 0 Å². The SMILES string of the molecule is C/C(=N\N=C1/SCC(=O)N1c1ccc(Br)cc1)c1c(C)[nH]c(=S)n1-c1ccc(C)cc1. The Labute approximate surface area is 198 Å². The maximum atomic E-state index is 12.4. The van der Waals surface area contributed by atoms with E-state index in [1.807, 2.05) is 73.9 Å². The van der Waals surface area contributed by atoms with Crippen LogP contribution in [0.25, 0.3) is 5.69 Å². The second-order valence-corrected chi connectivity index (χ2v) is 9.38. The molecule has 158 valence electrons. The van der Waals surface area contributed by atoms with Crippen LogP contribution in [0.2, 0.25) is 0 Å². The monoisotopic (exact) mass is 513 g/mol. The third-order valence-corrected chi connectivity index (χ3v) is 6.57. The van der Waals surface area contributed by atoms with E-state index in [4.69, 9.17) is 12.2 Å². The molecule has 0 saturated carbocycles. The molecule has 0 radical (unpaired) electrons. The molecule has 1 aliphatic rings. The third kappa shape index (κ3) is 4.44. The molecule has 1 fully saturated rings. The zero-order valence-corrected chi connectivity index (χ0v) is 20.4. The Morgan fingerprint density at radius 3 is 2.42 bits per heavy atom. The van der Waals surface area contributed by atoms with Gasteiger partial charge in [-0.15, -0.1) is 5.10 Å². The summed E-state index contributed by atoms with van der Waals surface area (Å²) in [6.07, 6.45) is 0. The lowest BCUT2D eigenvalue weighted by Gasteiger charge is -2.15. The van der Waals surface area contributed by atoms with E-state index in [0.717, 1.165) is 27.2 Å². The minimum atomic E-state index is -0.0145. The second kappa shape index (κ2) is 8.94. The standard InChI is InChI=1S/C22H20BrN5OS2/c1-13-4-8-18(9-5-13)28-20(14(2)24-21(28)30)15(3)25-26-22-27(19(29)12-31-22)17-10-6-16(23)7-11-17/h4-11H,12H2,1-3H3,(H,24,30)/b25-15+,26-22-. The topological polar surface area (TPSA) is 65.8 Å². The van der Waals surface area contributed by atoms with E-state index in [1.54, 1.807) is 4.90 Å². The van der Waals surface area contributed by atoms with Gasteiger partial charge in [-0.2, -0.15) is 5.10 Å². The minimum Gasteiger partial charge on any atom is -0.334 e. The van der Waals surface area contributed by atoms with Gasteiger partial charge in [0.2, 0.25) is 5.91 Å². The number of aryl methyl sites for hydroxylation is 2. The quantitative estimate of drug-likeness (QED) is 0.273. The van der Waals surface area contributed by atoms with E-state index in [-0.39, 0.29) is 5.91 Å². The van der Waals surface area contributed by atoms with Crippen molar-refractivity contribution < 1.29 is 4.79 Å². The number of carbonyl (C=O) groups excluding carboxylic acids is 1. The molecule has 0 unspecified atom stereocenters. The Morgan fingerprint density at radius 1 is 1.10 bits per heavy atom. The van der Waals surface area contributed by atoms with Crippen LogP contribution in [-0.4, -0.2) is 32.1 Å². The Hall–Kier alpha value is -2.49. The van der Waals surface area contributed by atoms with Crippen molar-refractivity contribution in [1.29, 1.82) is 0 Å². The van der Waals surface area contributed by atoms with E-state index in [1.165, 1.54) is 17.3 Å². The summed E-state index contributed by atoms with van der Waals surface area (Å²) in [4.78, 5) is 17.3. The molecule has 2 aromatic carbocycles. The molecule has 0 aliphatic carbocycles. The molecule has 3 aromatic rings. The number of amidine groups is 1. The first-order valence-corrected chi connectivity index (χ1v) is 11.8. The molecule has 1 aliphatic heterocycles. The highest BCUT2D eigenvalue weighted by molar-refractivity contribution is 9.10. The van der Waals surface area contributed by atoms with Gasteiger partial charge in [0.15, 0.2) is 9.94 Å². The first kappa shape index (κ1) is 21.7. The van der Waals surface area contributed by atoms with Gasteiger partial charge in [0.05, 0.1) is 22.8 Å². The summed E-state index contributed by atoms with van der Waals surface area (Å²) in [7, 11) is 0. The maximum Gasteiger partial charge on any atom is 0.243 e. The normalized spacial score (nSPS) is 15.9. The van der Waals surface area contributed by atoms with Crippen LogP contribution in [-0.2, 0) is 4.79 Å². The predicted octanol–water partition coefficient (Wildman–Crippen LogP) is 5.77. The van der Waals surface area contributed by atoms with Gasteiger partial charge in [-0.3, -0.25) is 14.3 Å². The molecule has 1 aromatic heterocycles. The van der Waals surface area contributed by atoms with Gasteiger partial charge in [-0.1, -0.05) is 45.4 Å². The molecule has 1 N–H and O–H groups in total. The lowest BCUT2D eigenvalue weighted by atomic mass is 10.2. The van der Waals surface area contributed by atoms with Crippen LogP contribution in [0.1, 0.15) is 23.9 Å². The lowest BCUT2D eigenvalue weighted by molar-refractivity contribution is -0.115. The molecule has 4 rings (SSSR count). The highest BCUT2D eigenvalue weighted by Crippen LogP contribution is 2.28. The Morgan fingerprint density at radius 2 is 1.74 bits per heavy atom. The number of hydrogen-bond donors (Lipinski definition) is 1. The summed E-state index contributed by atoms with van der Waals surface area (Å²) < 4.78 is 3.51. The number of carbonyl (C=O) groups is 1. The fourth-order valence-electron chi connectivity index (χ4n) is 3.36. The Balaban J connectivity index is 1.72. The number of thioether (sulfide) groups is 1. The molecule has 0 bridgehead atoms. The fourth-order valence-corrected chi connectivity index (χ4v) is 4.79. The van der Waals surface area contributed by atoms with Gasteiger partial charge in [0.1, 0.15) is 0 Å². The van der Waals surface area contributed by atoms with Gasteiger partial charge in [0.25, 0.3) is 0 Å². The predicted molar refractivity (Wildman–Crippen MR) is 134 cm³/mol. The van der Waals surface area contributed by atoms with Crippen molar-refractivity contribution >= 4 is 62.4 Å². The van der Waals surface area contributed by atoms with E-state index >= 15 is 0 Å². The van der Waals surface area contributed by atoms with Crippen molar-refractivity contribution in [3.05, 3.63) is 74.7 Å². The van der Waals surface area contributed by atoms with E-state index in [2.05, 4.69) is 31.1 Å². The van der Waals surface area contributed by atoms with Crippen LogP contribution < -0.4 is 4.90 Å². The van der Waals surface area contributed by atoms with Gasteiger partial charge < -0.3 is 4.98 Å². The number of imidazole rings is 1. The maximum absolute atomic E-state index is 12.4. The first-order valence-electron chi connectivity index (χ1n) is 9.58. The Bertz CT molecular complexity index is 1260. The zero-order valence-electron chi connectivity index (χ0n) is 17.2. The molecular weight excluding hydrogens is 494 g/mol. The largest absolute Gasteiger partial charge is 0.334 e. The van der Waals surface area contributed by atoms with Crippen molar-refractivity contribution in [2.45, 2.75) is 20.8 Å². The molecule has 1 saturated heterocycles. The minimum absolute atomic E-state index is 0.0145. The average Bonchev–Trinajstić information content (AvgIpc) is 3.26. The number of amides is 1. The van der Waals surface area contributed by atoms with Crippen molar-refractivity contribution in [2.75, 3.05) is 10.7 Å². The second-order valence-electron chi connectivity index (χ2n) is 7.14. The van der Waals surface area contributed by atoms with E-state index in [9.17, 15) is 4.79 Å². The third-order valence-electron chi connectivity index (χ3n) is 4.85. The molecule has 9 heteroatoms. The summed E-state index contributed by atoms with van der Waals surface area (Å²) in [6, 6.07) is 15.7. The van der Waals surface area contributed by atoms with Crippen LogP contribution >= 0.6 is 39.9 Å². The van der Waals surface area contributed by atoms with Gasteiger partial charge in [-0.05, 0) is 69.4 Å². The molecule has 1 amide bonds. The molecule has 31 heavy (non-hydrogen) atoms. The number of anilines is 1. The summed E-state index contributed by atoms with van der Waals surface area (Å²) >= 11 is 10.4. The first-order chi connectivity index (χ1) is 14.8. The number of H-pyrrole nitrogens is 1. The van der Waals surface area contributed by atoms with Crippen molar-refractivity contribution in [3.8, 4) is 5.69 Å². The smallest absolute Gasteiger partial charge is 0.243 e. The average molecular weight is 514 g/mol. The fraction of sp³-hybridized carbons (Fsp3) is 0.182. The number of aromatic amines is 1. The molecule has 0 spiro atoms. The van der Waals surface area contributed by atoms with Crippen LogP contribution in [0.4, 0.5) is 5.69 Å². The van der Waals surface area contributed by atoms with Crippen LogP contribution in [0.3, 0.4) is 0 Å². The van der Waals surface area contributed by atoms with Gasteiger partial charge in [0, 0.05) is 15.9 Å². The zero-order chi connectivity index (χ0) is 22.1.